The molecule has 0 amide bonds. The van der Waals surface area contributed by atoms with Crippen molar-refractivity contribution in [2.24, 2.45) is 11.3 Å². The van der Waals surface area contributed by atoms with E-state index in [-0.39, 0.29) is 5.78 Å². The van der Waals surface area contributed by atoms with Crippen molar-refractivity contribution < 1.29 is 9.21 Å². The van der Waals surface area contributed by atoms with Gasteiger partial charge in [-0.2, -0.15) is 0 Å². The second-order valence-corrected chi connectivity index (χ2v) is 5.99. The number of carbonyl (C=O) groups excluding carboxylic acids is 1. The minimum absolute atomic E-state index is 0.0876. The number of hydrogen-bond acceptors (Lipinski definition) is 3. The zero-order valence-electron chi connectivity index (χ0n) is 10.9. The molecule has 1 aliphatic rings. The predicted octanol–water partition coefficient (Wildman–Crippen LogP) is 2.83. The van der Waals surface area contributed by atoms with Crippen molar-refractivity contribution in [2.75, 3.05) is 19.6 Å². The molecule has 1 fully saturated rings. The molecule has 2 rings (SSSR count). The van der Waals surface area contributed by atoms with Crippen molar-refractivity contribution >= 4 is 5.78 Å². The molecule has 2 heterocycles. The fourth-order valence-corrected chi connectivity index (χ4v) is 2.40. The minimum atomic E-state index is 0.0876. The molecule has 0 N–H and O–H groups in total. The Kier molecular flexibility index (Phi) is 3.38. The molecule has 94 valence electrons. The zero-order chi connectivity index (χ0) is 12.5. The van der Waals surface area contributed by atoms with Gasteiger partial charge in [0.1, 0.15) is 0 Å². The van der Waals surface area contributed by atoms with E-state index < -0.39 is 0 Å². The average molecular weight is 235 g/mol. The van der Waals surface area contributed by atoms with Gasteiger partial charge in [0.2, 0.25) is 5.78 Å². The van der Waals surface area contributed by atoms with E-state index in [4.69, 9.17) is 4.42 Å². The highest BCUT2D eigenvalue weighted by Crippen LogP contribution is 2.33. The Morgan fingerprint density at radius 2 is 2.29 bits per heavy atom. The molecule has 0 bridgehead atoms. The molecule has 0 saturated carbocycles. The second-order valence-electron chi connectivity index (χ2n) is 5.99. The SMILES string of the molecule is CC(C)(C)C1CCN(CC(=O)c2ccco2)C1. The summed E-state index contributed by atoms with van der Waals surface area (Å²) in [5.41, 5.74) is 0.336. The number of carbonyl (C=O) groups is 1. The molecule has 3 heteroatoms. The largest absolute Gasteiger partial charge is 0.461 e. The third-order valence-corrected chi connectivity index (χ3v) is 3.66. The third-order valence-electron chi connectivity index (χ3n) is 3.66. The molecule has 1 aliphatic heterocycles. The third kappa shape index (κ3) is 2.97. The first-order chi connectivity index (χ1) is 7.97. The van der Waals surface area contributed by atoms with Crippen LogP contribution >= 0.6 is 0 Å². The van der Waals surface area contributed by atoms with E-state index in [0.717, 1.165) is 13.1 Å². The molecule has 17 heavy (non-hydrogen) atoms. The highest BCUT2D eigenvalue weighted by molar-refractivity contribution is 5.95. The van der Waals surface area contributed by atoms with Crippen LogP contribution in [0.5, 0.6) is 0 Å². The average Bonchev–Trinajstić information content (AvgIpc) is 2.85. The van der Waals surface area contributed by atoms with E-state index >= 15 is 0 Å². The lowest BCUT2D eigenvalue weighted by Crippen LogP contribution is -2.30. The second kappa shape index (κ2) is 4.65. The highest BCUT2D eigenvalue weighted by atomic mass is 16.3. The monoisotopic (exact) mass is 235 g/mol. The van der Waals surface area contributed by atoms with Gasteiger partial charge in [0, 0.05) is 6.54 Å². The summed E-state index contributed by atoms with van der Waals surface area (Å²) in [4.78, 5) is 14.1. The van der Waals surface area contributed by atoms with Gasteiger partial charge >= 0.3 is 0 Å². The smallest absolute Gasteiger partial charge is 0.211 e. The fraction of sp³-hybridized carbons (Fsp3) is 0.643. The Bertz CT molecular complexity index is 375. The summed E-state index contributed by atoms with van der Waals surface area (Å²) in [6.45, 7) is 9.35. The van der Waals surface area contributed by atoms with Gasteiger partial charge in [-0.3, -0.25) is 9.69 Å². The van der Waals surface area contributed by atoms with Crippen molar-refractivity contribution in [3.05, 3.63) is 24.2 Å². The molecule has 1 saturated heterocycles. The van der Waals surface area contributed by atoms with E-state index in [2.05, 4.69) is 25.7 Å². The van der Waals surface area contributed by atoms with Crippen LogP contribution in [-0.4, -0.2) is 30.3 Å². The van der Waals surface area contributed by atoms with Crippen LogP contribution in [0.15, 0.2) is 22.8 Å². The Morgan fingerprint density at radius 1 is 1.53 bits per heavy atom. The van der Waals surface area contributed by atoms with Crippen molar-refractivity contribution in [1.29, 1.82) is 0 Å². The number of rotatable bonds is 3. The van der Waals surface area contributed by atoms with Crippen LogP contribution in [0.1, 0.15) is 37.7 Å². The first-order valence-electron chi connectivity index (χ1n) is 6.26. The van der Waals surface area contributed by atoms with Crippen LogP contribution in [0.4, 0.5) is 0 Å². The predicted molar refractivity (Wildman–Crippen MR) is 67.0 cm³/mol. The zero-order valence-corrected chi connectivity index (χ0v) is 10.9. The van der Waals surface area contributed by atoms with Crippen molar-refractivity contribution in [3.8, 4) is 0 Å². The van der Waals surface area contributed by atoms with Gasteiger partial charge in [0.25, 0.3) is 0 Å². The lowest BCUT2D eigenvalue weighted by atomic mass is 9.80. The van der Waals surface area contributed by atoms with Gasteiger partial charge in [0.05, 0.1) is 12.8 Å². The first-order valence-corrected chi connectivity index (χ1v) is 6.26. The number of likely N-dealkylation sites (tertiary alicyclic amines) is 1. The van der Waals surface area contributed by atoms with Crippen molar-refractivity contribution in [1.82, 2.24) is 4.90 Å². The quantitative estimate of drug-likeness (QED) is 0.755. The molecular weight excluding hydrogens is 214 g/mol. The topological polar surface area (TPSA) is 33.5 Å². The maximum atomic E-state index is 11.9. The van der Waals surface area contributed by atoms with Gasteiger partial charge in [-0.25, -0.2) is 0 Å². The van der Waals surface area contributed by atoms with E-state index in [0.29, 0.717) is 23.6 Å². The normalized spacial score (nSPS) is 21.9. The summed E-state index contributed by atoms with van der Waals surface area (Å²) in [5.74, 6) is 1.25. The summed E-state index contributed by atoms with van der Waals surface area (Å²) < 4.78 is 5.12. The van der Waals surface area contributed by atoms with Crippen LogP contribution < -0.4 is 0 Å². The molecule has 1 atom stereocenters. The fourth-order valence-electron chi connectivity index (χ4n) is 2.40. The van der Waals surface area contributed by atoms with Crippen LogP contribution in [0, 0.1) is 11.3 Å². The van der Waals surface area contributed by atoms with Crippen LogP contribution in [0.25, 0.3) is 0 Å². The van der Waals surface area contributed by atoms with E-state index in [1.54, 1.807) is 18.4 Å². The van der Waals surface area contributed by atoms with Gasteiger partial charge in [-0.05, 0) is 36.4 Å². The van der Waals surface area contributed by atoms with Gasteiger partial charge in [-0.15, -0.1) is 0 Å². The number of hydrogen-bond donors (Lipinski definition) is 0. The Labute approximate surface area is 103 Å². The van der Waals surface area contributed by atoms with E-state index in [1.165, 1.54) is 6.42 Å². The Hall–Kier alpha value is -1.09. The molecule has 3 nitrogen and oxygen atoms in total. The van der Waals surface area contributed by atoms with E-state index in [9.17, 15) is 4.79 Å². The number of furan rings is 1. The minimum Gasteiger partial charge on any atom is -0.461 e. The molecule has 0 aromatic carbocycles. The van der Waals surface area contributed by atoms with Crippen molar-refractivity contribution in [2.45, 2.75) is 27.2 Å². The van der Waals surface area contributed by atoms with Crippen LogP contribution in [-0.2, 0) is 0 Å². The van der Waals surface area contributed by atoms with Crippen LogP contribution in [0.2, 0.25) is 0 Å². The number of Topliss-reactive ketones (excluding diaryl/α,β-unsaturated/α-hetero) is 1. The number of ketones is 1. The van der Waals surface area contributed by atoms with Gasteiger partial charge < -0.3 is 4.42 Å². The summed E-state index contributed by atoms with van der Waals surface area (Å²) in [6.07, 6.45) is 2.74. The summed E-state index contributed by atoms with van der Waals surface area (Å²) in [5, 5.41) is 0. The maximum absolute atomic E-state index is 11.9. The molecule has 0 radical (unpaired) electrons. The Balaban J connectivity index is 1.88. The first kappa shape index (κ1) is 12.4. The summed E-state index contributed by atoms with van der Waals surface area (Å²) >= 11 is 0. The lowest BCUT2D eigenvalue weighted by Gasteiger charge is -2.26. The molecule has 1 unspecified atom stereocenters. The van der Waals surface area contributed by atoms with Crippen LogP contribution in [0.3, 0.4) is 0 Å². The molecule has 0 spiro atoms. The molecule has 1 aromatic heterocycles. The van der Waals surface area contributed by atoms with Gasteiger partial charge in [-0.1, -0.05) is 20.8 Å². The maximum Gasteiger partial charge on any atom is 0.211 e. The summed E-state index contributed by atoms with van der Waals surface area (Å²) in [6, 6.07) is 3.49. The Morgan fingerprint density at radius 3 is 2.82 bits per heavy atom. The summed E-state index contributed by atoms with van der Waals surface area (Å²) in [7, 11) is 0. The molecular formula is C14H21NO2. The van der Waals surface area contributed by atoms with E-state index in [1.807, 2.05) is 0 Å². The molecule has 1 aromatic rings. The highest BCUT2D eigenvalue weighted by Gasteiger charge is 2.32. The number of nitrogens with zero attached hydrogens (tertiary/aromatic N) is 1. The standard InChI is InChI=1S/C14H21NO2/c1-14(2,3)11-6-7-15(9-11)10-12(16)13-5-4-8-17-13/h4-5,8,11H,6-7,9-10H2,1-3H3. The lowest BCUT2D eigenvalue weighted by molar-refractivity contribution is 0.0910. The van der Waals surface area contributed by atoms with Gasteiger partial charge in [0.15, 0.2) is 5.76 Å². The van der Waals surface area contributed by atoms with Crippen molar-refractivity contribution in [3.63, 3.8) is 0 Å². The molecule has 0 aliphatic carbocycles.